The van der Waals surface area contributed by atoms with Crippen LogP contribution in [-0.2, 0) is 11.3 Å². The van der Waals surface area contributed by atoms with Gasteiger partial charge in [0.2, 0.25) is 5.91 Å². The Kier molecular flexibility index (Phi) is 4.80. The van der Waals surface area contributed by atoms with Crippen LogP contribution >= 0.6 is 22.7 Å². The Morgan fingerprint density at radius 2 is 1.75 bits per heavy atom. The lowest BCUT2D eigenvalue weighted by molar-refractivity contribution is -0.180. The number of nitrogens with zero attached hydrogens (tertiary/aromatic N) is 4. The van der Waals surface area contributed by atoms with E-state index < -0.39 is 0 Å². The van der Waals surface area contributed by atoms with Crippen LogP contribution in [0.2, 0.25) is 0 Å². The van der Waals surface area contributed by atoms with Crippen molar-refractivity contribution in [3.8, 4) is 0 Å². The van der Waals surface area contributed by atoms with Crippen LogP contribution in [0.4, 0.5) is 0 Å². The van der Waals surface area contributed by atoms with Gasteiger partial charge in [-0.1, -0.05) is 12.8 Å². The van der Waals surface area contributed by atoms with E-state index in [1.807, 2.05) is 11.0 Å². The van der Waals surface area contributed by atoms with Gasteiger partial charge in [0.15, 0.2) is 0 Å². The van der Waals surface area contributed by atoms with Gasteiger partial charge in [0.25, 0.3) is 0 Å². The Balaban J connectivity index is 1.31. The third-order valence-electron chi connectivity index (χ3n) is 7.15. The SMILES string of the molecule is Cc1ncsc1CN1CCC(N2C(=O)C3(CCCC3)C2c2scnc2C)CC1. The monoisotopic (exact) mass is 416 g/mol. The maximum Gasteiger partial charge on any atom is 0.232 e. The molecule has 0 N–H and O–H groups in total. The maximum atomic E-state index is 13.4. The molecule has 1 unspecified atom stereocenters. The molecule has 2 aliphatic heterocycles. The predicted molar refractivity (Wildman–Crippen MR) is 112 cm³/mol. The molecule has 1 spiro atoms. The first-order valence-corrected chi connectivity index (χ1v) is 12.2. The van der Waals surface area contributed by atoms with Gasteiger partial charge >= 0.3 is 0 Å². The van der Waals surface area contributed by atoms with Crippen LogP contribution in [-0.4, -0.2) is 44.8 Å². The summed E-state index contributed by atoms with van der Waals surface area (Å²) in [5, 5.41) is 0. The van der Waals surface area contributed by atoms with Crippen LogP contribution in [0.1, 0.15) is 65.7 Å². The number of carbonyl (C=O) groups excluding carboxylic acids is 1. The quantitative estimate of drug-likeness (QED) is 0.696. The van der Waals surface area contributed by atoms with E-state index in [-0.39, 0.29) is 11.5 Å². The normalized spacial score (nSPS) is 25.6. The minimum absolute atomic E-state index is 0.117. The Labute approximate surface area is 174 Å². The van der Waals surface area contributed by atoms with Crippen LogP contribution in [0.3, 0.4) is 0 Å². The van der Waals surface area contributed by atoms with Crippen molar-refractivity contribution in [2.45, 2.75) is 71.0 Å². The van der Waals surface area contributed by atoms with E-state index in [2.05, 4.69) is 33.6 Å². The van der Waals surface area contributed by atoms with E-state index in [1.54, 1.807) is 22.7 Å². The number of likely N-dealkylation sites (tertiary alicyclic amines) is 2. The molecule has 3 fully saturated rings. The number of aromatic nitrogens is 2. The van der Waals surface area contributed by atoms with Crippen molar-refractivity contribution in [1.29, 1.82) is 0 Å². The molecule has 1 aliphatic carbocycles. The van der Waals surface area contributed by atoms with Gasteiger partial charge in [-0.2, -0.15) is 0 Å². The first-order chi connectivity index (χ1) is 13.6. The molecule has 1 saturated carbocycles. The Morgan fingerprint density at radius 3 is 2.36 bits per heavy atom. The molecule has 0 radical (unpaired) electrons. The number of rotatable bonds is 4. The zero-order chi connectivity index (χ0) is 19.3. The molecule has 7 heteroatoms. The molecule has 4 heterocycles. The van der Waals surface area contributed by atoms with E-state index in [4.69, 9.17) is 0 Å². The summed E-state index contributed by atoms with van der Waals surface area (Å²) in [5.74, 6) is 0.430. The topological polar surface area (TPSA) is 49.3 Å². The third kappa shape index (κ3) is 2.85. The summed E-state index contributed by atoms with van der Waals surface area (Å²) in [7, 11) is 0. The van der Waals surface area contributed by atoms with Crippen LogP contribution in [0, 0.1) is 19.3 Å². The Bertz CT molecular complexity index is 861. The molecule has 0 aromatic carbocycles. The van der Waals surface area contributed by atoms with Crippen LogP contribution in [0.25, 0.3) is 0 Å². The first kappa shape index (κ1) is 18.7. The molecule has 0 bridgehead atoms. The zero-order valence-electron chi connectivity index (χ0n) is 16.7. The summed E-state index contributed by atoms with van der Waals surface area (Å²) in [6.07, 6.45) is 6.67. The summed E-state index contributed by atoms with van der Waals surface area (Å²) in [4.78, 5) is 29.8. The first-order valence-electron chi connectivity index (χ1n) is 10.4. The lowest BCUT2D eigenvalue weighted by Gasteiger charge is -2.58. The summed E-state index contributed by atoms with van der Waals surface area (Å²) >= 11 is 3.50. The van der Waals surface area contributed by atoms with Gasteiger partial charge in [0, 0.05) is 30.6 Å². The molecule has 2 saturated heterocycles. The van der Waals surface area contributed by atoms with Gasteiger partial charge in [-0.15, -0.1) is 22.7 Å². The number of thiazole rings is 2. The highest BCUT2D eigenvalue weighted by Crippen LogP contribution is 2.61. The van der Waals surface area contributed by atoms with Crippen molar-refractivity contribution < 1.29 is 4.79 Å². The van der Waals surface area contributed by atoms with Crippen molar-refractivity contribution in [2.75, 3.05) is 13.1 Å². The smallest absolute Gasteiger partial charge is 0.232 e. The average Bonchev–Trinajstić information content (AvgIpc) is 3.44. The molecule has 3 aliphatic rings. The highest BCUT2D eigenvalue weighted by molar-refractivity contribution is 7.10. The lowest BCUT2D eigenvalue weighted by atomic mass is 9.67. The fraction of sp³-hybridized carbons (Fsp3) is 0.667. The van der Waals surface area contributed by atoms with Crippen molar-refractivity contribution in [2.24, 2.45) is 5.41 Å². The molecular weight excluding hydrogens is 388 g/mol. The van der Waals surface area contributed by atoms with Gasteiger partial charge in [-0.25, -0.2) is 9.97 Å². The standard InChI is InChI=1S/C21H28N4OS2/c1-14-17(27-12-22-14)11-24-9-5-16(6-10-24)25-19(18-15(2)23-13-28-18)21(20(25)26)7-3-4-8-21/h12-13,16,19H,3-11H2,1-2H3. The van der Waals surface area contributed by atoms with Gasteiger partial charge in [0.05, 0.1) is 38.7 Å². The second kappa shape index (κ2) is 7.18. The second-order valence-electron chi connectivity index (χ2n) is 8.65. The molecule has 2 aromatic heterocycles. The largest absolute Gasteiger partial charge is 0.330 e. The number of hydrogen-bond donors (Lipinski definition) is 0. The van der Waals surface area contributed by atoms with Crippen molar-refractivity contribution >= 4 is 28.6 Å². The zero-order valence-corrected chi connectivity index (χ0v) is 18.3. The van der Waals surface area contributed by atoms with Crippen molar-refractivity contribution in [1.82, 2.24) is 19.8 Å². The maximum absolute atomic E-state index is 13.4. The molecule has 5 rings (SSSR count). The molecule has 28 heavy (non-hydrogen) atoms. The van der Waals surface area contributed by atoms with Gasteiger partial charge in [0.1, 0.15) is 0 Å². The molecule has 1 atom stereocenters. The van der Waals surface area contributed by atoms with E-state index in [0.29, 0.717) is 11.9 Å². The highest BCUT2D eigenvalue weighted by atomic mass is 32.1. The summed E-state index contributed by atoms with van der Waals surface area (Å²) in [5.41, 5.74) is 6.06. The fourth-order valence-electron chi connectivity index (χ4n) is 5.55. The average molecular weight is 417 g/mol. The van der Waals surface area contributed by atoms with E-state index in [9.17, 15) is 4.79 Å². The van der Waals surface area contributed by atoms with Crippen LogP contribution < -0.4 is 0 Å². The van der Waals surface area contributed by atoms with Crippen LogP contribution in [0.5, 0.6) is 0 Å². The number of amides is 1. The van der Waals surface area contributed by atoms with E-state index in [0.717, 1.165) is 56.7 Å². The Morgan fingerprint density at radius 1 is 1.07 bits per heavy atom. The second-order valence-corrected chi connectivity index (χ2v) is 10.5. The van der Waals surface area contributed by atoms with Crippen molar-refractivity contribution in [3.63, 3.8) is 0 Å². The third-order valence-corrected chi connectivity index (χ3v) is 9.05. The molecule has 5 nitrogen and oxygen atoms in total. The fourth-order valence-corrected chi connectivity index (χ4v) is 7.38. The van der Waals surface area contributed by atoms with Gasteiger partial charge in [-0.3, -0.25) is 9.69 Å². The summed E-state index contributed by atoms with van der Waals surface area (Å²) < 4.78 is 0. The van der Waals surface area contributed by atoms with E-state index >= 15 is 0 Å². The molecular formula is C21H28N4OS2. The number of piperidine rings is 1. The molecule has 1 amide bonds. The number of hydrogen-bond acceptors (Lipinski definition) is 6. The highest BCUT2D eigenvalue weighted by Gasteiger charge is 2.63. The van der Waals surface area contributed by atoms with Gasteiger partial charge < -0.3 is 4.90 Å². The molecule has 2 aromatic rings. The summed E-state index contributed by atoms with van der Waals surface area (Å²) in [6.45, 7) is 7.33. The van der Waals surface area contributed by atoms with E-state index in [1.165, 1.54) is 22.6 Å². The number of β-lactam (4-membered cyclic amide) rings is 1. The molecule has 150 valence electrons. The van der Waals surface area contributed by atoms with Gasteiger partial charge in [-0.05, 0) is 39.5 Å². The van der Waals surface area contributed by atoms with Crippen LogP contribution in [0.15, 0.2) is 11.0 Å². The number of aryl methyl sites for hydroxylation is 2. The minimum Gasteiger partial charge on any atom is -0.330 e. The summed E-state index contributed by atoms with van der Waals surface area (Å²) in [6, 6.07) is 0.652. The predicted octanol–water partition coefficient (Wildman–Crippen LogP) is 4.32. The minimum atomic E-state index is -0.117. The lowest BCUT2D eigenvalue weighted by Crippen LogP contribution is -2.66. The Hall–Kier alpha value is -1.31. The number of carbonyl (C=O) groups is 1. The van der Waals surface area contributed by atoms with Crippen molar-refractivity contribution in [3.05, 3.63) is 32.2 Å².